The first kappa shape index (κ1) is 23.4. The predicted molar refractivity (Wildman–Crippen MR) is 135 cm³/mol. The second-order valence-electron chi connectivity index (χ2n) is 8.81. The molecule has 0 fully saturated rings. The monoisotopic (exact) mass is 457 g/mol. The first-order valence-electron chi connectivity index (χ1n) is 11.4. The van der Waals surface area contributed by atoms with Crippen molar-refractivity contribution in [2.24, 2.45) is 7.05 Å². The van der Waals surface area contributed by atoms with Gasteiger partial charge >= 0.3 is 0 Å². The van der Waals surface area contributed by atoms with E-state index in [1.807, 2.05) is 95.8 Å². The van der Waals surface area contributed by atoms with Crippen molar-refractivity contribution in [3.05, 3.63) is 77.5 Å². The first-order chi connectivity index (χ1) is 16.3. The highest BCUT2D eigenvalue weighted by Gasteiger charge is 2.18. The summed E-state index contributed by atoms with van der Waals surface area (Å²) in [7, 11) is 5.89. The van der Waals surface area contributed by atoms with Crippen LogP contribution < -0.4 is 10.1 Å². The number of rotatable bonds is 8. The Morgan fingerprint density at radius 1 is 1.12 bits per heavy atom. The lowest BCUT2D eigenvalue weighted by Gasteiger charge is -2.19. The summed E-state index contributed by atoms with van der Waals surface area (Å²) in [5.41, 5.74) is 4.95. The van der Waals surface area contributed by atoms with Crippen LogP contribution in [0.3, 0.4) is 0 Å². The molecule has 0 unspecified atom stereocenters. The van der Waals surface area contributed by atoms with Gasteiger partial charge in [0.2, 0.25) is 0 Å². The summed E-state index contributed by atoms with van der Waals surface area (Å²) >= 11 is 0. The summed E-state index contributed by atoms with van der Waals surface area (Å²) in [6.45, 7) is 5.30. The maximum absolute atomic E-state index is 13.3. The second-order valence-corrected chi connectivity index (χ2v) is 8.81. The van der Waals surface area contributed by atoms with Crippen molar-refractivity contribution >= 4 is 16.8 Å². The lowest BCUT2D eigenvalue weighted by Crippen LogP contribution is -2.27. The van der Waals surface area contributed by atoms with Crippen molar-refractivity contribution in [1.29, 1.82) is 0 Å². The van der Waals surface area contributed by atoms with Crippen molar-refractivity contribution in [2.45, 2.75) is 19.9 Å². The maximum Gasteiger partial charge on any atom is 0.252 e. The summed E-state index contributed by atoms with van der Waals surface area (Å²) in [6, 6.07) is 17.3. The molecule has 4 aromatic rings. The fourth-order valence-electron chi connectivity index (χ4n) is 3.88. The van der Waals surface area contributed by atoms with Crippen LogP contribution in [0.5, 0.6) is 5.75 Å². The molecule has 0 saturated heterocycles. The van der Waals surface area contributed by atoms with Gasteiger partial charge in [-0.15, -0.1) is 0 Å². The predicted octanol–water partition coefficient (Wildman–Crippen LogP) is 4.38. The zero-order valence-electron chi connectivity index (χ0n) is 20.4. The molecule has 1 atom stereocenters. The Labute approximate surface area is 200 Å². The highest BCUT2D eigenvalue weighted by atomic mass is 16.5. The van der Waals surface area contributed by atoms with Gasteiger partial charge in [-0.25, -0.2) is 4.98 Å². The second kappa shape index (κ2) is 10.1. The quantitative estimate of drug-likeness (QED) is 0.425. The summed E-state index contributed by atoms with van der Waals surface area (Å²) in [5.74, 6) is 0.556. The van der Waals surface area contributed by atoms with E-state index in [-0.39, 0.29) is 11.9 Å². The van der Waals surface area contributed by atoms with Gasteiger partial charge in [-0.3, -0.25) is 9.48 Å². The van der Waals surface area contributed by atoms with Crippen LogP contribution in [0.2, 0.25) is 0 Å². The van der Waals surface area contributed by atoms with Gasteiger partial charge in [0.25, 0.3) is 5.91 Å². The van der Waals surface area contributed by atoms with Gasteiger partial charge in [-0.1, -0.05) is 24.3 Å². The molecule has 1 amide bonds. The van der Waals surface area contributed by atoms with Crippen molar-refractivity contribution in [3.8, 4) is 17.1 Å². The van der Waals surface area contributed by atoms with Gasteiger partial charge in [0.05, 0.1) is 17.3 Å². The lowest BCUT2D eigenvalue weighted by molar-refractivity contribution is 0.0939. The van der Waals surface area contributed by atoms with Crippen LogP contribution in [0.4, 0.5) is 0 Å². The maximum atomic E-state index is 13.3. The van der Waals surface area contributed by atoms with Gasteiger partial charge < -0.3 is 15.0 Å². The third-order valence-electron chi connectivity index (χ3n) is 5.80. The molecular formula is C27H31N5O2. The van der Waals surface area contributed by atoms with Crippen LogP contribution in [0.25, 0.3) is 22.3 Å². The van der Waals surface area contributed by atoms with E-state index in [0.717, 1.165) is 40.0 Å². The number of ether oxygens (including phenoxy) is 1. The largest absolute Gasteiger partial charge is 0.492 e. The van der Waals surface area contributed by atoms with E-state index in [1.165, 1.54) is 0 Å². The molecular weight excluding hydrogens is 426 g/mol. The number of fused-ring (bicyclic) bond motifs is 1. The van der Waals surface area contributed by atoms with E-state index in [9.17, 15) is 4.79 Å². The fraction of sp³-hybridized carbons (Fsp3) is 0.296. The molecule has 7 nitrogen and oxygen atoms in total. The number of likely N-dealkylation sites (N-methyl/N-ethyl adjacent to an activating group) is 1. The molecule has 0 aliphatic carbocycles. The number of para-hydroxylation sites is 1. The van der Waals surface area contributed by atoms with E-state index in [2.05, 4.69) is 15.3 Å². The Morgan fingerprint density at radius 2 is 1.91 bits per heavy atom. The number of nitrogens with zero attached hydrogens (tertiary/aromatic N) is 4. The van der Waals surface area contributed by atoms with Crippen molar-refractivity contribution in [3.63, 3.8) is 0 Å². The Balaban J connectivity index is 1.61. The summed E-state index contributed by atoms with van der Waals surface area (Å²) in [6.07, 6.45) is 1.90. The Kier molecular flexibility index (Phi) is 6.93. The number of aryl methyl sites for hydroxylation is 2. The minimum absolute atomic E-state index is 0.136. The van der Waals surface area contributed by atoms with Crippen molar-refractivity contribution in [2.75, 3.05) is 27.2 Å². The molecule has 176 valence electrons. The number of carbonyl (C=O) groups excluding carboxylic acids is 1. The third kappa shape index (κ3) is 5.26. The molecule has 2 heterocycles. The number of hydrogen-bond donors (Lipinski definition) is 1. The Hall–Kier alpha value is -3.71. The lowest BCUT2D eigenvalue weighted by atomic mass is 10.00. The van der Waals surface area contributed by atoms with Crippen LogP contribution in [0.1, 0.15) is 34.5 Å². The summed E-state index contributed by atoms with van der Waals surface area (Å²) < 4.78 is 7.60. The topological polar surface area (TPSA) is 72.3 Å². The molecule has 7 heteroatoms. The van der Waals surface area contributed by atoms with Crippen molar-refractivity contribution in [1.82, 2.24) is 25.0 Å². The van der Waals surface area contributed by atoms with Gasteiger partial charge in [0.15, 0.2) is 0 Å². The van der Waals surface area contributed by atoms with Crippen molar-refractivity contribution < 1.29 is 9.53 Å². The fourth-order valence-corrected chi connectivity index (χ4v) is 3.88. The zero-order chi connectivity index (χ0) is 24.2. The molecule has 0 saturated carbocycles. The van der Waals surface area contributed by atoms with Crippen LogP contribution in [-0.2, 0) is 7.05 Å². The minimum Gasteiger partial charge on any atom is -0.492 e. The Bertz CT molecular complexity index is 1310. The zero-order valence-corrected chi connectivity index (χ0v) is 20.4. The van der Waals surface area contributed by atoms with Gasteiger partial charge in [0.1, 0.15) is 18.1 Å². The number of hydrogen-bond acceptors (Lipinski definition) is 5. The molecule has 0 bridgehead atoms. The molecule has 0 spiro atoms. The highest BCUT2D eigenvalue weighted by Crippen LogP contribution is 2.28. The number of pyridine rings is 1. The number of nitrogens with one attached hydrogen (secondary N) is 1. The molecule has 34 heavy (non-hydrogen) atoms. The molecule has 0 radical (unpaired) electrons. The molecule has 1 N–H and O–H groups in total. The summed E-state index contributed by atoms with van der Waals surface area (Å²) in [5, 5.41) is 8.68. The molecule has 0 aliphatic heterocycles. The van der Waals surface area contributed by atoms with Crippen LogP contribution in [-0.4, -0.2) is 52.8 Å². The molecule has 0 aliphatic rings. The minimum atomic E-state index is -0.236. The van der Waals surface area contributed by atoms with Crippen LogP contribution >= 0.6 is 0 Å². The first-order valence-corrected chi connectivity index (χ1v) is 11.4. The normalized spacial score (nSPS) is 12.2. The average Bonchev–Trinajstić information content (AvgIpc) is 3.25. The van der Waals surface area contributed by atoms with Gasteiger partial charge in [0, 0.05) is 30.7 Å². The van der Waals surface area contributed by atoms with E-state index in [1.54, 1.807) is 4.68 Å². The Morgan fingerprint density at radius 3 is 2.65 bits per heavy atom. The number of amides is 1. The van der Waals surface area contributed by atoms with E-state index in [4.69, 9.17) is 9.72 Å². The van der Waals surface area contributed by atoms with E-state index >= 15 is 0 Å². The standard InChI is InChI=1S/C27H31N5O2/c1-18-10-11-20(34-15-14-31(3)4)16-22(18)27(33)28-19(2)23-17-26(25-12-13-32(5)30-25)29-24-9-7-6-8-21(23)24/h6-13,16-17,19H,14-15H2,1-5H3,(H,28,33)/t19-/m1/s1. The SMILES string of the molecule is Cc1ccc(OCCN(C)C)cc1C(=O)N[C@H](C)c1cc(-c2ccn(C)n2)nc2ccccc12. The number of carbonyl (C=O) groups is 1. The van der Waals surface area contributed by atoms with Crippen LogP contribution in [0, 0.1) is 6.92 Å². The van der Waals surface area contributed by atoms with E-state index in [0.29, 0.717) is 17.9 Å². The molecule has 2 aromatic carbocycles. The van der Waals surface area contributed by atoms with Crippen LogP contribution in [0.15, 0.2) is 60.8 Å². The number of aromatic nitrogens is 3. The van der Waals surface area contributed by atoms with E-state index < -0.39 is 0 Å². The van der Waals surface area contributed by atoms with Gasteiger partial charge in [-0.05, 0) is 69.4 Å². The van der Waals surface area contributed by atoms with Gasteiger partial charge in [-0.2, -0.15) is 5.10 Å². The number of benzene rings is 2. The summed E-state index contributed by atoms with van der Waals surface area (Å²) in [4.78, 5) is 20.1. The average molecular weight is 458 g/mol. The highest BCUT2D eigenvalue weighted by molar-refractivity contribution is 5.96. The smallest absolute Gasteiger partial charge is 0.252 e. The molecule has 2 aromatic heterocycles. The third-order valence-corrected chi connectivity index (χ3v) is 5.80. The molecule has 4 rings (SSSR count).